The molecule has 0 heterocycles. The van der Waals surface area contributed by atoms with E-state index in [0.29, 0.717) is 38.9 Å². The minimum absolute atomic E-state index is 0.179. The summed E-state index contributed by atoms with van der Waals surface area (Å²) in [5, 5.41) is 0. The number of benzene rings is 6. The third-order valence-corrected chi connectivity index (χ3v) is 8.80. The lowest BCUT2D eigenvalue weighted by Crippen LogP contribution is -2.11. The first-order valence-electron chi connectivity index (χ1n) is 17.9. The maximum Gasteiger partial charge on any atom is 0.306 e. The summed E-state index contributed by atoms with van der Waals surface area (Å²) in [7, 11) is 0. The predicted molar refractivity (Wildman–Crippen MR) is 211 cm³/mol. The van der Waals surface area contributed by atoms with E-state index in [-0.39, 0.29) is 11.9 Å². The van der Waals surface area contributed by atoms with E-state index in [1.807, 2.05) is 62.4 Å². The van der Waals surface area contributed by atoms with Crippen LogP contribution in [0, 0.1) is 0 Å². The first-order valence-corrected chi connectivity index (χ1v) is 17.9. The van der Waals surface area contributed by atoms with Crippen molar-refractivity contribution in [1.29, 1.82) is 0 Å². The van der Waals surface area contributed by atoms with Gasteiger partial charge in [-0.05, 0) is 122 Å². The van der Waals surface area contributed by atoms with E-state index in [0.717, 1.165) is 56.4 Å². The fourth-order valence-electron chi connectivity index (χ4n) is 6.32. The van der Waals surface area contributed by atoms with Crippen LogP contribution in [0.2, 0.25) is 0 Å². The van der Waals surface area contributed by atoms with Crippen LogP contribution in [0.4, 0.5) is 34.1 Å². The van der Waals surface area contributed by atoms with Crippen molar-refractivity contribution in [2.45, 2.75) is 39.5 Å². The summed E-state index contributed by atoms with van der Waals surface area (Å²) >= 11 is 0. The van der Waals surface area contributed by atoms with Gasteiger partial charge in [0.1, 0.15) is 0 Å². The van der Waals surface area contributed by atoms with Crippen molar-refractivity contribution in [3.8, 4) is 11.1 Å². The Morgan fingerprint density at radius 3 is 1.13 bits per heavy atom. The smallest absolute Gasteiger partial charge is 0.306 e. The molecule has 0 aliphatic heterocycles. The van der Waals surface area contributed by atoms with Crippen LogP contribution in [0.25, 0.3) is 11.1 Å². The molecule has 0 saturated heterocycles. The number of aryl methyl sites for hydroxylation is 2. The molecule has 0 aromatic heterocycles. The van der Waals surface area contributed by atoms with E-state index >= 15 is 0 Å². The Morgan fingerprint density at radius 1 is 0.423 bits per heavy atom. The summed E-state index contributed by atoms with van der Waals surface area (Å²) in [6.07, 6.45) is 1.94. The van der Waals surface area contributed by atoms with E-state index in [4.69, 9.17) is 9.47 Å². The minimum Gasteiger partial charge on any atom is -0.466 e. The van der Waals surface area contributed by atoms with E-state index in [1.54, 1.807) is 0 Å². The fourth-order valence-corrected chi connectivity index (χ4v) is 6.32. The number of para-hydroxylation sites is 2. The van der Waals surface area contributed by atoms with E-state index < -0.39 is 0 Å². The minimum atomic E-state index is -0.179. The monoisotopic (exact) mass is 688 g/mol. The lowest BCUT2D eigenvalue weighted by Gasteiger charge is -2.26. The summed E-state index contributed by atoms with van der Waals surface area (Å²) in [6.45, 7) is 4.44. The van der Waals surface area contributed by atoms with Crippen LogP contribution in [0.1, 0.15) is 37.8 Å². The lowest BCUT2D eigenvalue weighted by atomic mass is 10.0. The highest BCUT2D eigenvalue weighted by Crippen LogP contribution is 2.38. The van der Waals surface area contributed by atoms with Crippen LogP contribution >= 0.6 is 0 Å². The number of rotatable bonds is 15. The van der Waals surface area contributed by atoms with Gasteiger partial charge in [0.05, 0.1) is 13.2 Å². The second-order valence-corrected chi connectivity index (χ2v) is 12.4. The molecule has 0 spiro atoms. The van der Waals surface area contributed by atoms with Gasteiger partial charge < -0.3 is 19.3 Å². The molecule has 0 aliphatic carbocycles. The number of carbonyl (C=O) groups excluding carboxylic acids is 2. The summed E-state index contributed by atoms with van der Waals surface area (Å²) in [5.74, 6) is -0.359. The van der Waals surface area contributed by atoms with Gasteiger partial charge in [0.15, 0.2) is 0 Å². The first kappa shape index (κ1) is 35.7. The van der Waals surface area contributed by atoms with Crippen LogP contribution in [-0.4, -0.2) is 25.2 Å². The molecule has 6 nitrogen and oxygen atoms in total. The molecule has 6 aromatic rings. The van der Waals surface area contributed by atoms with Crippen molar-refractivity contribution in [1.82, 2.24) is 0 Å². The highest BCUT2D eigenvalue weighted by molar-refractivity contribution is 5.81. The van der Waals surface area contributed by atoms with Crippen LogP contribution in [0.15, 0.2) is 158 Å². The van der Waals surface area contributed by atoms with Crippen LogP contribution in [-0.2, 0) is 31.9 Å². The predicted octanol–water partition coefficient (Wildman–Crippen LogP) is 11.3. The lowest BCUT2D eigenvalue weighted by molar-refractivity contribution is -0.144. The summed E-state index contributed by atoms with van der Waals surface area (Å²) in [6, 6.07) is 54.6. The molecule has 6 rings (SSSR count). The zero-order chi connectivity index (χ0) is 36.1. The summed E-state index contributed by atoms with van der Waals surface area (Å²) < 4.78 is 10.3. The average molecular weight is 689 g/mol. The molecular formula is C46H44N2O4. The molecule has 0 amide bonds. The SMILES string of the molecule is CCOC(=O)CCc1cccc(N(c2ccccc2)c2ccc(-c3ccc(N(c4ccccc4)c4cccc(CCC(=O)OCC)c4)cc3)cc2)c1. The maximum atomic E-state index is 12.0. The molecule has 0 radical (unpaired) electrons. The van der Waals surface area contributed by atoms with Crippen molar-refractivity contribution in [3.63, 3.8) is 0 Å². The highest BCUT2D eigenvalue weighted by atomic mass is 16.5. The van der Waals surface area contributed by atoms with Crippen molar-refractivity contribution in [2.24, 2.45) is 0 Å². The standard InChI is InChI=1S/C46H44N2O4/c1-3-51-45(49)31-21-35-13-11-19-43(33-35)47(39-15-7-5-8-16-39)41-27-23-37(24-28-41)38-25-29-42(30-26-38)48(40-17-9-6-10-18-40)44-20-12-14-36(34-44)22-32-46(50)52-4-2/h5-20,23-30,33-34H,3-4,21-22,31-32H2,1-2H3. The number of ether oxygens (including phenoxy) is 2. The van der Waals surface area contributed by atoms with Gasteiger partial charge in [-0.15, -0.1) is 0 Å². The van der Waals surface area contributed by atoms with Gasteiger partial charge in [-0.3, -0.25) is 9.59 Å². The summed E-state index contributed by atoms with van der Waals surface area (Å²) in [5.41, 5.74) is 10.6. The number of hydrogen-bond donors (Lipinski definition) is 0. The Labute approximate surface area is 306 Å². The molecule has 0 unspecified atom stereocenters. The van der Waals surface area contributed by atoms with E-state index in [9.17, 15) is 9.59 Å². The molecular weight excluding hydrogens is 645 g/mol. The molecule has 6 heteroatoms. The van der Waals surface area contributed by atoms with E-state index in [2.05, 4.69) is 119 Å². The van der Waals surface area contributed by atoms with E-state index in [1.165, 1.54) is 0 Å². The topological polar surface area (TPSA) is 59.1 Å². The van der Waals surface area contributed by atoms with Crippen molar-refractivity contribution in [3.05, 3.63) is 169 Å². The molecule has 262 valence electrons. The zero-order valence-corrected chi connectivity index (χ0v) is 29.8. The number of hydrogen-bond acceptors (Lipinski definition) is 6. The van der Waals surface area contributed by atoms with Gasteiger partial charge in [-0.1, -0.05) is 84.9 Å². The third-order valence-electron chi connectivity index (χ3n) is 8.80. The molecule has 0 saturated carbocycles. The number of anilines is 6. The van der Waals surface area contributed by atoms with Crippen LogP contribution in [0.5, 0.6) is 0 Å². The second-order valence-electron chi connectivity index (χ2n) is 12.4. The molecule has 52 heavy (non-hydrogen) atoms. The average Bonchev–Trinajstić information content (AvgIpc) is 3.19. The number of nitrogens with zero attached hydrogens (tertiary/aromatic N) is 2. The molecule has 0 N–H and O–H groups in total. The Kier molecular flexibility index (Phi) is 12.1. The fraction of sp³-hybridized carbons (Fsp3) is 0.174. The zero-order valence-electron chi connectivity index (χ0n) is 29.8. The molecule has 0 bridgehead atoms. The van der Waals surface area contributed by atoms with Gasteiger partial charge >= 0.3 is 11.9 Å². The maximum absolute atomic E-state index is 12.0. The van der Waals surface area contributed by atoms with Gasteiger partial charge in [0.2, 0.25) is 0 Å². The Balaban J connectivity index is 1.25. The normalized spacial score (nSPS) is 10.7. The Bertz CT molecular complexity index is 1890. The highest BCUT2D eigenvalue weighted by Gasteiger charge is 2.16. The second kappa shape index (κ2) is 17.7. The quantitative estimate of drug-likeness (QED) is 0.100. The molecule has 0 fully saturated rings. The molecule has 6 aromatic carbocycles. The molecule has 0 atom stereocenters. The first-order chi connectivity index (χ1) is 25.5. The van der Waals surface area contributed by atoms with Crippen LogP contribution in [0.3, 0.4) is 0 Å². The molecule has 0 aliphatic rings. The van der Waals surface area contributed by atoms with Gasteiger partial charge in [-0.2, -0.15) is 0 Å². The van der Waals surface area contributed by atoms with Gasteiger partial charge in [0.25, 0.3) is 0 Å². The summed E-state index contributed by atoms with van der Waals surface area (Å²) in [4.78, 5) is 28.5. The largest absolute Gasteiger partial charge is 0.466 e. The van der Waals surface area contributed by atoms with Crippen LogP contribution < -0.4 is 9.80 Å². The third kappa shape index (κ3) is 9.15. The number of esters is 2. The van der Waals surface area contributed by atoms with Crippen molar-refractivity contribution < 1.29 is 19.1 Å². The van der Waals surface area contributed by atoms with Gasteiger partial charge in [0, 0.05) is 47.0 Å². The number of carbonyl (C=O) groups is 2. The van der Waals surface area contributed by atoms with Crippen molar-refractivity contribution in [2.75, 3.05) is 23.0 Å². The Morgan fingerprint density at radius 2 is 0.769 bits per heavy atom. The van der Waals surface area contributed by atoms with Gasteiger partial charge in [-0.25, -0.2) is 0 Å². The Hall–Kier alpha value is -6.14. The van der Waals surface area contributed by atoms with Crippen molar-refractivity contribution >= 4 is 46.1 Å².